The molecule has 208 valence electrons. The number of phenolic OH excluding ortho intramolecular Hbond substituents is 1. The molecule has 0 spiro atoms. The van der Waals surface area contributed by atoms with Crippen LogP contribution in [0.2, 0.25) is 0 Å². The predicted molar refractivity (Wildman–Crippen MR) is 158 cm³/mol. The molecule has 4 heteroatoms. The van der Waals surface area contributed by atoms with Gasteiger partial charge in [0.15, 0.2) is 5.78 Å². The van der Waals surface area contributed by atoms with E-state index in [9.17, 15) is 9.90 Å². The van der Waals surface area contributed by atoms with Gasteiger partial charge in [0.05, 0.1) is 11.3 Å². The number of hydrogen-bond acceptors (Lipinski definition) is 4. The lowest BCUT2D eigenvalue weighted by Gasteiger charge is -2.36. The fourth-order valence-corrected chi connectivity index (χ4v) is 5.52. The van der Waals surface area contributed by atoms with Gasteiger partial charge in [-0.1, -0.05) is 78.7 Å². The molecule has 3 rings (SSSR count). The first-order valence-electron chi connectivity index (χ1n) is 14.8. The van der Waals surface area contributed by atoms with E-state index in [-0.39, 0.29) is 17.1 Å². The van der Waals surface area contributed by atoms with Gasteiger partial charge >= 0.3 is 0 Å². The van der Waals surface area contributed by atoms with Crippen molar-refractivity contribution in [2.45, 2.75) is 111 Å². The molecule has 0 radical (unpaired) electrons. The number of ether oxygens (including phenoxy) is 1. The van der Waals surface area contributed by atoms with Gasteiger partial charge in [-0.3, -0.25) is 9.78 Å². The fourth-order valence-electron chi connectivity index (χ4n) is 5.52. The topological polar surface area (TPSA) is 59.4 Å². The van der Waals surface area contributed by atoms with Crippen LogP contribution in [0.5, 0.6) is 11.5 Å². The minimum Gasteiger partial charge on any atom is -0.507 e. The molecule has 2 heterocycles. The lowest BCUT2D eigenvalue weighted by Crippen LogP contribution is -2.36. The lowest BCUT2D eigenvalue weighted by atomic mass is 9.85. The van der Waals surface area contributed by atoms with Gasteiger partial charge < -0.3 is 9.84 Å². The number of fused-ring (bicyclic) bond motifs is 1. The van der Waals surface area contributed by atoms with Crippen LogP contribution in [0.15, 0.2) is 42.6 Å². The van der Waals surface area contributed by atoms with Crippen molar-refractivity contribution in [3.05, 3.63) is 59.4 Å². The second-order valence-corrected chi connectivity index (χ2v) is 12.3. The summed E-state index contributed by atoms with van der Waals surface area (Å²) < 4.78 is 6.41. The number of nitrogens with zero attached hydrogens (tertiary/aromatic N) is 1. The summed E-state index contributed by atoms with van der Waals surface area (Å²) >= 11 is 0. The number of aryl methyl sites for hydroxylation is 1. The number of ketones is 1. The number of carbonyl (C=O) groups excluding carboxylic acids is 1. The summed E-state index contributed by atoms with van der Waals surface area (Å²) in [6.45, 7) is 11.6. The number of carbonyl (C=O) groups is 1. The average molecular weight is 520 g/mol. The number of pyridine rings is 1. The quantitative estimate of drug-likeness (QED) is 0.188. The molecule has 0 saturated heterocycles. The van der Waals surface area contributed by atoms with Crippen LogP contribution in [0.4, 0.5) is 0 Å². The molecule has 1 aliphatic rings. The number of benzene rings is 1. The van der Waals surface area contributed by atoms with Gasteiger partial charge in [-0.05, 0) is 86.3 Å². The van der Waals surface area contributed by atoms with E-state index in [1.54, 1.807) is 24.4 Å². The smallest absolute Gasteiger partial charge is 0.189 e. The molecule has 1 aromatic heterocycles. The number of aromatic nitrogens is 1. The second kappa shape index (κ2) is 14.5. The van der Waals surface area contributed by atoms with Crippen LogP contribution in [-0.2, 0) is 6.42 Å². The Hall–Kier alpha value is -2.62. The van der Waals surface area contributed by atoms with E-state index < -0.39 is 0 Å². The molecular weight excluding hydrogens is 470 g/mol. The van der Waals surface area contributed by atoms with Gasteiger partial charge in [0.1, 0.15) is 17.1 Å². The van der Waals surface area contributed by atoms with Gasteiger partial charge in [0, 0.05) is 12.3 Å². The third-order valence-corrected chi connectivity index (χ3v) is 8.09. The Labute approximate surface area is 230 Å². The van der Waals surface area contributed by atoms with Crippen LogP contribution >= 0.6 is 0 Å². The largest absolute Gasteiger partial charge is 0.507 e. The van der Waals surface area contributed by atoms with Crippen molar-refractivity contribution < 1.29 is 14.6 Å². The summed E-state index contributed by atoms with van der Waals surface area (Å²) in [6.07, 6.45) is 18.1. The van der Waals surface area contributed by atoms with Crippen molar-refractivity contribution in [2.75, 3.05) is 0 Å². The Kier molecular flexibility index (Phi) is 11.4. The third-order valence-electron chi connectivity index (χ3n) is 8.09. The number of hydrogen-bond donors (Lipinski definition) is 1. The Balaban J connectivity index is 1.44. The molecule has 0 saturated carbocycles. The van der Waals surface area contributed by atoms with Gasteiger partial charge in [-0.2, -0.15) is 0 Å². The van der Waals surface area contributed by atoms with E-state index in [0.29, 0.717) is 17.0 Å². The zero-order chi connectivity index (χ0) is 27.5. The first-order valence-corrected chi connectivity index (χ1v) is 14.8. The molecule has 3 atom stereocenters. The van der Waals surface area contributed by atoms with Gasteiger partial charge in [0.2, 0.25) is 0 Å². The summed E-state index contributed by atoms with van der Waals surface area (Å²) in [4.78, 5) is 16.9. The minimum atomic E-state index is -0.233. The normalized spacial score (nSPS) is 18.8. The van der Waals surface area contributed by atoms with Gasteiger partial charge in [-0.25, -0.2) is 0 Å². The Morgan fingerprint density at radius 2 is 1.71 bits per heavy atom. The highest BCUT2D eigenvalue weighted by Crippen LogP contribution is 2.40. The zero-order valence-electron chi connectivity index (χ0n) is 24.3. The van der Waals surface area contributed by atoms with Crippen molar-refractivity contribution in [2.24, 2.45) is 17.8 Å². The van der Waals surface area contributed by atoms with E-state index in [1.165, 1.54) is 51.0 Å². The second-order valence-electron chi connectivity index (χ2n) is 12.3. The molecule has 1 aromatic carbocycles. The Morgan fingerprint density at radius 1 is 1.03 bits per heavy atom. The SMILES string of the molecule is CC(C)CCC[C@H](C)CCC[C@H](C)CCCC1(C)CCc2cc(C(=O)/C=C/c3ccccn3)c(O)cc2O1. The molecular formula is C34H49NO3. The van der Waals surface area contributed by atoms with Gasteiger partial charge in [0.25, 0.3) is 0 Å². The molecule has 1 aliphatic heterocycles. The van der Waals surface area contributed by atoms with E-state index in [2.05, 4.69) is 39.6 Å². The zero-order valence-corrected chi connectivity index (χ0v) is 24.3. The molecule has 2 aromatic rings. The minimum absolute atomic E-state index is 0.0317. The number of rotatable bonds is 15. The average Bonchev–Trinajstić information content (AvgIpc) is 2.87. The number of allylic oxidation sites excluding steroid dienone is 1. The van der Waals surface area contributed by atoms with Crippen LogP contribution in [0.25, 0.3) is 6.08 Å². The molecule has 0 aliphatic carbocycles. The summed E-state index contributed by atoms with van der Waals surface area (Å²) in [7, 11) is 0. The molecule has 0 amide bonds. The maximum Gasteiger partial charge on any atom is 0.189 e. The van der Waals surface area contributed by atoms with E-state index in [4.69, 9.17) is 4.74 Å². The molecule has 1 N–H and O–H groups in total. The summed E-state index contributed by atoms with van der Waals surface area (Å²) in [6, 6.07) is 8.96. The number of aromatic hydroxyl groups is 1. The van der Waals surface area contributed by atoms with Crippen molar-refractivity contribution >= 4 is 11.9 Å². The molecule has 4 nitrogen and oxygen atoms in total. The first-order chi connectivity index (χ1) is 18.1. The van der Waals surface area contributed by atoms with Crippen LogP contribution in [0.1, 0.15) is 120 Å². The highest BCUT2D eigenvalue weighted by Gasteiger charge is 2.32. The Bertz CT molecular complexity index is 1050. The van der Waals surface area contributed by atoms with Crippen molar-refractivity contribution in [3.8, 4) is 11.5 Å². The van der Waals surface area contributed by atoms with Crippen LogP contribution < -0.4 is 4.74 Å². The maximum atomic E-state index is 12.7. The van der Waals surface area contributed by atoms with Crippen molar-refractivity contribution in [1.82, 2.24) is 4.98 Å². The predicted octanol–water partition coefficient (Wildman–Crippen LogP) is 9.21. The third kappa shape index (κ3) is 9.60. The molecule has 38 heavy (non-hydrogen) atoms. The summed E-state index contributed by atoms with van der Waals surface area (Å²) in [5.74, 6) is 2.86. The van der Waals surface area contributed by atoms with Gasteiger partial charge in [-0.15, -0.1) is 0 Å². The van der Waals surface area contributed by atoms with Crippen molar-refractivity contribution in [1.29, 1.82) is 0 Å². The molecule has 1 unspecified atom stereocenters. The van der Waals surface area contributed by atoms with Crippen LogP contribution in [-0.4, -0.2) is 21.5 Å². The first kappa shape index (κ1) is 29.9. The monoisotopic (exact) mass is 519 g/mol. The lowest BCUT2D eigenvalue weighted by molar-refractivity contribution is 0.0521. The number of phenols is 1. The highest BCUT2D eigenvalue weighted by atomic mass is 16.5. The van der Waals surface area contributed by atoms with Crippen molar-refractivity contribution in [3.63, 3.8) is 0 Å². The summed E-state index contributed by atoms with van der Waals surface area (Å²) in [5, 5.41) is 10.6. The summed E-state index contributed by atoms with van der Waals surface area (Å²) in [5.41, 5.74) is 1.78. The molecule has 0 fully saturated rings. The van der Waals surface area contributed by atoms with E-state index >= 15 is 0 Å². The van der Waals surface area contributed by atoms with Crippen LogP contribution in [0, 0.1) is 17.8 Å². The molecule has 0 bridgehead atoms. The van der Waals surface area contributed by atoms with E-state index in [1.807, 2.05) is 18.2 Å². The van der Waals surface area contributed by atoms with Crippen LogP contribution in [0.3, 0.4) is 0 Å². The standard InChI is InChI=1S/C34H49NO3/c1-25(2)11-8-12-26(3)13-9-14-27(4)15-10-20-34(5)21-19-28-23-30(32(37)24-33(28)38-34)31(36)18-17-29-16-6-7-22-35-29/h6-7,16-18,22-27,37H,8-15,19-21H2,1-5H3/b18-17+/t26-,27-,34?/m0/s1. The maximum absolute atomic E-state index is 12.7. The van der Waals surface area contributed by atoms with E-state index in [0.717, 1.165) is 49.0 Å². The Morgan fingerprint density at radius 3 is 2.37 bits per heavy atom. The fraction of sp³-hybridized carbons (Fsp3) is 0.588. The highest BCUT2D eigenvalue weighted by molar-refractivity contribution is 6.08.